The summed E-state index contributed by atoms with van der Waals surface area (Å²) >= 11 is 0. The molecule has 0 aliphatic rings. The molecule has 0 aromatic heterocycles. The van der Waals surface area contributed by atoms with Crippen molar-refractivity contribution in [2.24, 2.45) is 0 Å². The fraction of sp³-hybridized carbons (Fsp3) is 1.00. The fourth-order valence-corrected chi connectivity index (χ4v) is 2.54. The summed E-state index contributed by atoms with van der Waals surface area (Å²) in [6.45, 7) is -2.83. The molecule has 0 heterocycles. The van der Waals surface area contributed by atoms with Gasteiger partial charge in [-0.1, -0.05) is 0 Å². The molecule has 0 aliphatic heterocycles. The molecule has 0 aromatic carbocycles. The summed E-state index contributed by atoms with van der Waals surface area (Å²) in [5.41, 5.74) is 0. The van der Waals surface area contributed by atoms with Gasteiger partial charge in [-0.25, -0.2) is 8.42 Å². The van der Waals surface area contributed by atoms with Crippen molar-refractivity contribution in [2.75, 3.05) is 20.2 Å². The number of alkyl halides is 13. The van der Waals surface area contributed by atoms with Crippen molar-refractivity contribution in [2.45, 2.75) is 35.1 Å². The monoisotopic (exact) mass is 457 g/mol. The molecule has 0 fully saturated rings. The summed E-state index contributed by atoms with van der Waals surface area (Å²) in [5, 5.41) is 1.04. The third-order valence-corrected chi connectivity index (χ3v) is 4.96. The van der Waals surface area contributed by atoms with Crippen molar-refractivity contribution in [3.8, 4) is 0 Å². The van der Waals surface area contributed by atoms with E-state index in [1.165, 1.54) is 0 Å². The van der Waals surface area contributed by atoms with Crippen molar-refractivity contribution < 1.29 is 70.6 Å². The molecule has 0 spiro atoms. The normalized spacial score (nSPS) is 16.1. The molecule has 4 nitrogen and oxygen atoms in total. The average Bonchev–Trinajstić information content (AvgIpc) is 2.45. The molecule has 18 heteroatoms. The molecule has 1 N–H and O–H groups in total. The first-order chi connectivity index (χ1) is 11.5. The van der Waals surface area contributed by atoms with E-state index in [2.05, 4.69) is 0 Å². The lowest BCUT2D eigenvalue weighted by Crippen LogP contribution is -2.71. The molecule has 0 aliphatic carbocycles. The minimum atomic E-state index is -8.20. The van der Waals surface area contributed by atoms with E-state index < -0.39 is 62.6 Å². The van der Waals surface area contributed by atoms with E-state index in [0.29, 0.717) is 0 Å². The van der Waals surface area contributed by atoms with Gasteiger partial charge in [-0.3, -0.25) is 0 Å². The molecule has 0 aromatic rings. The molecule has 0 saturated carbocycles. The number of hydrogen-bond donors (Lipinski definition) is 1. The van der Waals surface area contributed by atoms with E-state index in [-0.39, 0.29) is 7.05 Å². The second-order valence-corrected chi connectivity index (χ2v) is 6.95. The highest BCUT2D eigenvalue weighted by Gasteiger charge is 2.92. The first-order valence-electron chi connectivity index (χ1n) is 6.01. The molecule has 0 radical (unpaired) electrons. The van der Waals surface area contributed by atoms with Gasteiger partial charge in [-0.15, -0.1) is 0 Å². The van der Waals surface area contributed by atoms with Gasteiger partial charge in [0.1, 0.15) is 0 Å². The Hall–Kier alpha value is -1.04. The summed E-state index contributed by atoms with van der Waals surface area (Å²) < 4.78 is 188. The lowest BCUT2D eigenvalue weighted by molar-refractivity contribution is -0.433. The zero-order chi connectivity index (χ0) is 22.5. The van der Waals surface area contributed by atoms with Crippen LogP contribution in [0.4, 0.5) is 57.1 Å². The Labute approximate surface area is 141 Å². The third kappa shape index (κ3) is 3.43. The number of aliphatic hydroxyl groups excluding tert-OH is 1. The largest absolute Gasteiger partial charge is 0.460 e. The lowest BCUT2D eigenvalue weighted by atomic mass is 9.98. The van der Waals surface area contributed by atoms with E-state index in [0.717, 1.165) is 0 Å². The molecule has 27 heavy (non-hydrogen) atoms. The van der Waals surface area contributed by atoms with Gasteiger partial charge in [0.15, 0.2) is 0 Å². The second-order valence-electron chi connectivity index (χ2n) is 4.86. The Kier molecular flexibility index (Phi) is 6.52. The number of likely N-dealkylation sites (N-methyl/N-ethyl adjacent to an activating group) is 1. The van der Waals surface area contributed by atoms with Gasteiger partial charge in [0, 0.05) is 13.6 Å². The Balaban J connectivity index is 6.56. The minimum Gasteiger partial charge on any atom is -0.395 e. The molecule has 0 atom stereocenters. The number of sulfonamides is 1. The zero-order valence-corrected chi connectivity index (χ0v) is 13.3. The van der Waals surface area contributed by atoms with Crippen molar-refractivity contribution in [1.29, 1.82) is 0 Å². The lowest BCUT2D eigenvalue weighted by Gasteiger charge is -2.39. The van der Waals surface area contributed by atoms with Crippen LogP contribution >= 0.6 is 0 Å². The predicted octanol–water partition coefficient (Wildman–Crippen LogP) is 2.94. The number of rotatable bonds is 8. The molecule has 0 rings (SSSR count). The first-order valence-corrected chi connectivity index (χ1v) is 7.45. The van der Waals surface area contributed by atoms with Crippen molar-refractivity contribution in [3.63, 3.8) is 0 Å². The Morgan fingerprint density at radius 2 is 1.04 bits per heavy atom. The van der Waals surface area contributed by atoms with E-state index in [1.807, 2.05) is 0 Å². The molecule has 0 amide bonds. The van der Waals surface area contributed by atoms with Crippen LogP contribution in [0.1, 0.15) is 0 Å². The Morgan fingerprint density at radius 3 is 1.33 bits per heavy atom. The Bertz CT molecular complexity index is 642. The van der Waals surface area contributed by atoms with Crippen LogP contribution in [0.2, 0.25) is 0 Å². The fourth-order valence-electron chi connectivity index (χ4n) is 1.37. The van der Waals surface area contributed by atoms with E-state index in [9.17, 15) is 65.5 Å². The van der Waals surface area contributed by atoms with E-state index in [1.54, 1.807) is 0 Å². The van der Waals surface area contributed by atoms with Gasteiger partial charge in [-0.2, -0.15) is 61.4 Å². The van der Waals surface area contributed by atoms with Crippen LogP contribution in [0, 0.1) is 0 Å². The maximum atomic E-state index is 13.5. The average molecular weight is 457 g/mol. The maximum Gasteiger partial charge on any atom is 0.460 e. The Morgan fingerprint density at radius 1 is 0.704 bits per heavy atom. The van der Waals surface area contributed by atoms with Crippen LogP contribution in [-0.2, 0) is 10.0 Å². The van der Waals surface area contributed by atoms with Crippen LogP contribution < -0.4 is 0 Å². The number of aliphatic hydroxyl groups is 1. The molecular weight excluding hydrogens is 449 g/mol. The molecular formula is C9H8F13NO3S. The molecule has 0 bridgehead atoms. The van der Waals surface area contributed by atoms with Crippen LogP contribution in [0.5, 0.6) is 0 Å². The summed E-state index contributed by atoms with van der Waals surface area (Å²) in [5.74, 6) is -32.3. The third-order valence-electron chi connectivity index (χ3n) is 3.05. The van der Waals surface area contributed by atoms with E-state index in [4.69, 9.17) is 5.11 Å². The zero-order valence-electron chi connectivity index (χ0n) is 12.4. The van der Waals surface area contributed by atoms with Crippen LogP contribution in [0.3, 0.4) is 0 Å². The quantitative estimate of drug-likeness (QED) is 0.571. The summed E-state index contributed by atoms with van der Waals surface area (Å²) in [7, 11) is -7.05. The highest BCUT2D eigenvalue weighted by Crippen LogP contribution is 2.61. The van der Waals surface area contributed by atoms with Gasteiger partial charge in [0.2, 0.25) is 0 Å². The summed E-state index contributed by atoms with van der Waals surface area (Å²) in [4.78, 5) is 0. The van der Waals surface area contributed by atoms with Gasteiger partial charge in [0.25, 0.3) is 10.0 Å². The SMILES string of the molecule is CN(CCO)S(=O)(=O)C(F)(F)C(F)(F)C(F)(F)C(F)(F)C(F)(F)C(F)(F)F. The van der Waals surface area contributed by atoms with Gasteiger partial charge in [0.05, 0.1) is 6.61 Å². The molecule has 0 saturated heterocycles. The highest BCUT2D eigenvalue weighted by molar-refractivity contribution is 7.90. The summed E-state index contributed by atoms with van der Waals surface area (Å²) in [6.07, 6.45) is -7.59. The predicted molar refractivity (Wildman–Crippen MR) is 59.4 cm³/mol. The van der Waals surface area contributed by atoms with Crippen molar-refractivity contribution >= 4 is 10.0 Å². The van der Waals surface area contributed by atoms with E-state index >= 15 is 0 Å². The van der Waals surface area contributed by atoms with Crippen molar-refractivity contribution in [1.82, 2.24) is 4.31 Å². The maximum absolute atomic E-state index is 13.5. The van der Waals surface area contributed by atoms with Crippen LogP contribution in [0.15, 0.2) is 0 Å². The highest BCUT2D eigenvalue weighted by atomic mass is 32.2. The topological polar surface area (TPSA) is 57.6 Å². The van der Waals surface area contributed by atoms with Gasteiger partial charge >= 0.3 is 35.1 Å². The standard InChI is InChI=1S/C9H8F13NO3S/c1-23(2-3-24)27(25,26)9(21,22)7(16,17)5(12,13)4(10,11)6(14,15)8(18,19)20/h24H,2-3H2,1H3. The van der Waals surface area contributed by atoms with Gasteiger partial charge in [-0.05, 0) is 0 Å². The van der Waals surface area contributed by atoms with Crippen molar-refractivity contribution in [3.05, 3.63) is 0 Å². The number of halogens is 13. The number of nitrogens with zero attached hydrogens (tertiary/aromatic N) is 1. The van der Waals surface area contributed by atoms with Crippen LogP contribution in [-0.4, -0.2) is 73.1 Å². The first kappa shape index (κ1) is 26.0. The second kappa shape index (κ2) is 6.78. The smallest absolute Gasteiger partial charge is 0.395 e. The minimum absolute atomic E-state index is 0.0177. The molecule has 0 unspecified atom stereocenters. The molecule has 164 valence electrons. The number of hydrogen-bond acceptors (Lipinski definition) is 3. The summed E-state index contributed by atoms with van der Waals surface area (Å²) in [6, 6.07) is 0. The van der Waals surface area contributed by atoms with Gasteiger partial charge < -0.3 is 5.11 Å². The van der Waals surface area contributed by atoms with Crippen LogP contribution in [0.25, 0.3) is 0 Å².